The molecule has 0 saturated heterocycles. The van der Waals surface area contributed by atoms with E-state index in [9.17, 15) is 0 Å². The number of nitrogens with zero attached hydrogens (tertiary/aromatic N) is 2. The first-order chi connectivity index (χ1) is 37.5. The summed E-state index contributed by atoms with van der Waals surface area (Å²) in [5, 5.41) is 5.03. The van der Waals surface area contributed by atoms with Crippen molar-refractivity contribution in [3.05, 3.63) is 315 Å². The smallest absolute Gasteiger partial charge is 0.0541 e. The lowest BCUT2D eigenvalue weighted by molar-refractivity contribution is 1.18. The highest BCUT2D eigenvalue weighted by atomic mass is 15.1. The van der Waals surface area contributed by atoms with Gasteiger partial charge in [-0.25, -0.2) is 0 Å². The van der Waals surface area contributed by atoms with E-state index in [-0.39, 0.29) is 0 Å². The Morgan fingerprint density at radius 3 is 1.20 bits per heavy atom. The fourth-order valence-corrected chi connectivity index (χ4v) is 10.2. The van der Waals surface area contributed by atoms with Crippen molar-refractivity contribution in [3.8, 4) is 61.3 Å². The van der Waals surface area contributed by atoms with Gasteiger partial charge in [-0.3, -0.25) is 0 Å². The molecule has 0 aliphatic carbocycles. The molecule has 0 fully saturated rings. The summed E-state index contributed by atoms with van der Waals surface area (Å²) >= 11 is 0. The fourth-order valence-electron chi connectivity index (χ4n) is 10.2. The van der Waals surface area contributed by atoms with Gasteiger partial charge in [0.25, 0.3) is 0 Å². The predicted molar refractivity (Wildman–Crippen MR) is 327 cm³/mol. The number of hydrogen-bond donors (Lipinski definition) is 0. The molecule has 0 N–H and O–H groups in total. The van der Waals surface area contributed by atoms with Gasteiger partial charge in [0, 0.05) is 33.5 Å². The first-order valence-electron chi connectivity index (χ1n) is 26.1. The Bertz CT molecular complexity index is 4000. The van der Waals surface area contributed by atoms with Crippen molar-refractivity contribution < 1.29 is 0 Å². The van der Waals surface area contributed by atoms with Gasteiger partial charge in [-0.05, 0) is 147 Å². The van der Waals surface area contributed by atoms with E-state index in [1.54, 1.807) is 6.08 Å². The van der Waals surface area contributed by atoms with Gasteiger partial charge < -0.3 is 9.47 Å². The molecule has 0 radical (unpaired) electrons. The van der Waals surface area contributed by atoms with E-state index in [2.05, 4.69) is 302 Å². The van der Waals surface area contributed by atoms with Gasteiger partial charge in [-0.1, -0.05) is 242 Å². The molecular formula is C74H58N2. The van der Waals surface area contributed by atoms with Gasteiger partial charge in [0.1, 0.15) is 0 Å². The summed E-state index contributed by atoms with van der Waals surface area (Å²) in [5.74, 6) is 0. The van der Waals surface area contributed by atoms with Gasteiger partial charge in [-0.15, -0.1) is 6.58 Å². The molecule has 2 nitrogen and oxygen atoms in total. The lowest BCUT2D eigenvalue weighted by Gasteiger charge is -2.26. The number of allylic oxidation sites excluding steroid dienone is 1. The maximum atomic E-state index is 3.36. The lowest BCUT2D eigenvalue weighted by atomic mass is 9.97. The summed E-state index contributed by atoms with van der Waals surface area (Å²) in [5.41, 5.74) is 20.2. The number of benzene rings is 12. The highest BCUT2D eigenvalue weighted by Gasteiger charge is 2.16. The summed E-state index contributed by atoms with van der Waals surface area (Å²) in [6.45, 7) is 7.33. The van der Waals surface area contributed by atoms with Gasteiger partial charge in [0.2, 0.25) is 0 Å². The maximum Gasteiger partial charge on any atom is 0.0541 e. The van der Waals surface area contributed by atoms with Crippen molar-refractivity contribution in [1.29, 1.82) is 0 Å². The normalized spacial score (nSPS) is 10.8. The van der Waals surface area contributed by atoms with Crippen LogP contribution in [0.1, 0.15) is 12.5 Å². The molecule has 0 bridgehead atoms. The molecule has 0 aliphatic rings. The van der Waals surface area contributed by atoms with Crippen LogP contribution >= 0.6 is 0 Å². The molecule has 0 aliphatic heterocycles. The van der Waals surface area contributed by atoms with E-state index in [0.29, 0.717) is 0 Å². The topological polar surface area (TPSA) is 8.17 Å². The Morgan fingerprint density at radius 1 is 0.316 bits per heavy atom. The number of aryl methyl sites for hydroxylation is 1. The second-order valence-electron chi connectivity index (χ2n) is 19.0. The minimum Gasteiger partial charge on any atom is -0.311 e. The minimum atomic E-state index is 1.10. The van der Waals surface area contributed by atoms with Crippen LogP contribution < -0.4 is 4.90 Å². The average molecular weight is 975 g/mol. The quantitative estimate of drug-likeness (QED) is 0.131. The fraction of sp³-hybridized carbons (Fsp3) is 0.0270. The van der Waals surface area contributed by atoms with Gasteiger partial charge >= 0.3 is 0 Å². The van der Waals surface area contributed by atoms with E-state index in [1.165, 1.54) is 99.5 Å². The molecule has 1 heterocycles. The second-order valence-corrected chi connectivity index (χ2v) is 19.0. The van der Waals surface area contributed by atoms with Crippen LogP contribution in [-0.4, -0.2) is 4.57 Å². The molecule has 0 spiro atoms. The third kappa shape index (κ3) is 10.4. The van der Waals surface area contributed by atoms with Gasteiger partial charge in [0.05, 0.1) is 11.0 Å². The summed E-state index contributed by atoms with van der Waals surface area (Å²) in [7, 11) is 0. The molecule has 0 amide bonds. The Morgan fingerprint density at radius 2 is 0.684 bits per heavy atom. The third-order valence-corrected chi connectivity index (χ3v) is 14.0. The molecule has 0 saturated carbocycles. The second kappa shape index (κ2) is 22.6. The van der Waals surface area contributed by atoms with E-state index in [4.69, 9.17) is 0 Å². The van der Waals surface area contributed by atoms with Crippen molar-refractivity contribution >= 4 is 49.6 Å². The van der Waals surface area contributed by atoms with E-state index in [1.807, 2.05) is 25.1 Å². The van der Waals surface area contributed by atoms with Crippen LogP contribution in [0, 0.1) is 6.92 Å². The number of anilines is 3. The Labute approximate surface area is 447 Å². The van der Waals surface area contributed by atoms with Crippen LogP contribution in [-0.2, 0) is 0 Å². The van der Waals surface area contributed by atoms with Crippen LogP contribution in [0.15, 0.2) is 310 Å². The molecule has 76 heavy (non-hydrogen) atoms. The van der Waals surface area contributed by atoms with Crippen LogP contribution in [0.4, 0.5) is 17.1 Å². The molecule has 13 rings (SSSR count). The number of aromatic nitrogens is 1. The minimum absolute atomic E-state index is 1.10. The third-order valence-electron chi connectivity index (χ3n) is 14.0. The van der Waals surface area contributed by atoms with Crippen LogP contribution in [0.25, 0.3) is 93.9 Å². The Balaban J connectivity index is 0.000000561. The summed E-state index contributed by atoms with van der Waals surface area (Å²) in [6, 6.07) is 107. The SMILES string of the molecule is C=CC.Cc1ccccc1.c1ccc(-c2ccc(N(c3ccc(-c4ccc(-c5ccc(-c6ccc7c(c6)c6ccccc6n7-c6ccccc6)cc5)cc4)cc3)c3ccc(-c4cccc5ccccc45)cc3)cc2)cc1. The largest absolute Gasteiger partial charge is 0.311 e. The molecule has 13 aromatic rings. The summed E-state index contributed by atoms with van der Waals surface area (Å²) in [4.78, 5) is 2.35. The standard InChI is InChI=1S/C64H44N2.C7H8.C3H6/c1-3-12-45(13-4-1)49-30-37-56(38-31-49)65(58-41-34-53(35-42-58)60-20-11-15-52-14-7-8-18-59(52)60)57-39-32-50(33-40-57)48-24-22-46(23-25-48)47-26-28-51(29-27-47)54-36-43-64-62(44-54)61-19-9-10-21-63(61)66(64)55-16-5-2-6-17-55;1-7-5-3-2-4-6-7;1-3-2/h1-44H;2-6H,1H3;3H,1H2,2H3. The molecule has 12 aromatic carbocycles. The number of hydrogen-bond acceptors (Lipinski definition) is 1. The van der Waals surface area contributed by atoms with Crippen molar-refractivity contribution in [2.24, 2.45) is 0 Å². The number of rotatable bonds is 9. The average Bonchev–Trinajstić information content (AvgIpc) is 3.83. The predicted octanol–water partition coefficient (Wildman–Crippen LogP) is 20.9. The van der Waals surface area contributed by atoms with Gasteiger partial charge in [0.15, 0.2) is 0 Å². The molecule has 0 atom stereocenters. The van der Waals surface area contributed by atoms with Crippen molar-refractivity contribution in [2.75, 3.05) is 4.90 Å². The highest BCUT2D eigenvalue weighted by Crippen LogP contribution is 2.40. The molecule has 364 valence electrons. The van der Waals surface area contributed by atoms with Crippen LogP contribution in [0.2, 0.25) is 0 Å². The number of fused-ring (bicyclic) bond motifs is 4. The van der Waals surface area contributed by atoms with Crippen LogP contribution in [0.5, 0.6) is 0 Å². The Kier molecular flexibility index (Phi) is 14.4. The summed E-state index contributed by atoms with van der Waals surface area (Å²) in [6.07, 6.45) is 1.75. The zero-order valence-corrected chi connectivity index (χ0v) is 43.0. The monoisotopic (exact) mass is 974 g/mol. The molecular weight excluding hydrogens is 917 g/mol. The highest BCUT2D eigenvalue weighted by molar-refractivity contribution is 6.10. The molecule has 0 unspecified atom stereocenters. The van der Waals surface area contributed by atoms with Crippen molar-refractivity contribution in [2.45, 2.75) is 13.8 Å². The van der Waals surface area contributed by atoms with E-state index >= 15 is 0 Å². The Hall–Kier alpha value is -9.76. The molecule has 2 heteroatoms. The zero-order chi connectivity index (χ0) is 51.6. The van der Waals surface area contributed by atoms with E-state index in [0.717, 1.165) is 17.1 Å². The molecule has 1 aromatic heterocycles. The van der Waals surface area contributed by atoms with Crippen LogP contribution in [0.3, 0.4) is 0 Å². The summed E-state index contributed by atoms with van der Waals surface area (Å²) < 4.78 is 2.36. The van der Waals surface area contributed by atoms with E-state index < -0.39 is 0 Å². The maximum absolute atomic E-state index is 3.36. The number of para-hydroxylation sites is 2. The first-order valence-corrected chi connectivity index (χ1v) is 26.1. The van der Waals surface area contributed by atoms with Gasteiger partial charge in [-0.2, -0.15) is 0 Å². The zero-order valence-electron chi connectivity index (χ0n) is 43.0. The lowest BCUT2D eigenvalue weighted by Crippen LogP contribution is -2.09. The first kappa shape index (κ1) is 48.5. The van der Waals surface area contributed by atoms with Crippen molar-refractivity contribution in [3.63, 3.8) is 0 Å². The van der Waals surface area contributed by atoms with Crippen molar-refractivity contribution in [1.82, 2.24) is 4.57 Å².